The predicted octanol–water partition coefficient (Wildman–Crippen LogP) is 2.84. The Morgan fingerprint density at radius 2 is 0.730 bits per heavy atom. The van der Waals surface area contributed by atoms with Crippen LogP contribution in [0.2, 0.25) is 0 Å². The molecule has 323 valence electrons. The Hall–Kier alpha value is -6.87. The topological polar surface area (TPSA) is 323 Å². The Balaban J connectivity index is 0.000000238. The van der Waals surface area contributed by atoms with E-state index in [4.69, 9.17) is 18.4 Å². The summed E-state index contributed by atoms with van der Waals surface area (Å²) < 4.78 is 16.7. The molecule has 0 saturated carbocycles. The van der Waals surface area contributed by atoms with E-state index in [9.17, 15) is 29.7 Å². The van der Waals surface area contributed by atoms with Crippen LogP contribution < -0.4 is 15.3 Å². The summed E-state index contributed by atoms with van der Waals surface area (Å²) in [4.78, 5) is 57.1. The van der Waals surface area contributed by atoms with Gasteiger partial charge in [-0.05, 0) is 117 Å². The van der Waals surface area contributed by atoms with Crippen molar-refractivity contribution in [2.24, 2.45) is 0 Å². The number of aromatic carboxylic acids is 3. The zero-order valence-corrected chi connectivity index (χ0v) is 36.2. The number of pyridine rings is 3. The van der Waals surface area contributed by atoms with Crippen LogP contribution in [0.5, 0.6) is 0 Å². The van der Waals surface area contributed by atoms with Crippen LogP contribution in [-0.2, 0) is 11.0 Å². The van der Waals surface area contributed by atoms with Gasteiger partial charge in [0.25, 0.3) is 0 Å². The molecule has 6 aromatic heterocycles. The molecule has 0 atom stereocenters. The monoisotopic (exact) mass is 1000 g/mol. The van der Waals surface area contributed by atoms with E-state index in [1.807, 2.05) is 75.4 Å². The summed E-state index contributed by atoms with van der Waals surface area (Å²) in [5, 5.41) is 39.9. The molecule has 9 rings (SSSR count). The molecular weight excluding hydrogens is 962 g/mol. The Labute approximate surface area is 389 Å². The van der Waals surface area contributed by atoms with Gasteiger partial charge in [-0.1, -0.05) is 36.4 Å². The summed E-state index contributed by atoms with van der Waals surface area (Å²) in [6.45, 7) is 7.81. The average Bonchev–Trinajstić information content (AvgIpc) is 3.98. The van der Waals surface area contributed by atoms with E-state index >= 15 is 0 Å². The van der Waals surface area contributed by atoms with Gasteiger partial charge in [-0.25, -0.2) is 29.9 Å². The van der Waals surface area contributed by atoms with Crippen LogP contribution in [0, 0.1) is 60.7 Å². The maximum absolute atomic E-state index is 10.8. The van der Waals surface area contributed by atoms with Gasteiger partial charge < -0.3 is 59.0 Å². The molecule has 63 heavy (non-hydrogen) atoms. The number of aromatic nitrogens is 6. The van der Waals surface area contributed by atoms with Crippen molar-refractivity contribution in [3.05, 3.63) is 143 Å². The van der Waals surface area contributed by atoms with Crippen LogP contribution in [0.1, 0.15) is 55.1 Å². The Morgan fingerprint density at radius 1 is 0.476 bits per heavy atom. The SMILES string of the molecule is CCO.Cc1ccc2oc(-c3cccc(C(=O)[O-])n3)nc2c1.Cc1ccc2oc(-c3cccc(C(=O)[O-])n3)nc2c1.Cc1ccc2oc(-c3cccc(C(=O)[O-])n3)nc2c1.[Gd+3].[OH3+].[OH3+]. The van der Waals surface area contributed by atoms with Crippen LogP contribution in [-0.4, -0.2) is 59.5 Å². The largest absolute Gasteiger partial charge is 3.00 e. The summed E-state index contributed by atoms with van der Waals surface area (Å²) in [7, 11) is 0. The third-order valence-electron chi connectivity index (χ3n) is 8.16. The summed E-state index contributed by atoms with van der Waals surface area (Å²) in [5.41, 5.74) is 7.98. The molecule has 18 nitrogen and oxygen atoms in total. The minimum Gasteiger partial charge on any atom is -0.543 e. The first-order valence-corrected chi connectivity index (χ1v) is 18.1. The standard InChI is InChI=1S/3C14H10N2O3.C2H6O.Gd.2H2O/c3*1-8-5-6-12-11(7-8)16-13(19-12)9-3-2-4-10(15-9)14(17)18;1-2-3;;;/h3*2-7H,1H3,(H,17,18);3H,2H2,1H3;;2*1H2/q;;;;+3;;/p-1. The van der Waals surface area contributed by atoms with Gasteiger partial charge in [0.2, 0.25) is 17.7 Å². The van der Waals surface area contributed by atoms with Crippen LogP contribution in [0.15, 0.2) is 122 Å². The number of aryl methyl sites for hydroxylation is 3. The van der Waals surface area contributed by atoms with Crippen molar-refractivity contribution in [1.29, 1.82) is 0 Å². The molecule has 0 fully saturated rings. The number of nitrogens with zero attached hydrogens (tertiary/aromatic N) is 6. The van der Waals surface area contributed by atoms with Gasteiger partial charge in [-0.3, -0.25) is 0 Å². The number of aliphatic hydroxyl groups is 1. The van der Waals surface area contributed by atoms with Gasteiger partial charge in [-0.15, -0.1) is 0 Å². The number of fused-ring (bicyclic) bond motifs is 3. The van der Waals surface area contributed by atoms with E-state index in [2.05, 4.69) is 29.9 Å². The number of aliphatic hydroxyl groups excluding tert-OH is 1. The molecule has 0 aliphatic carbocycles. The van der Waals surface area contributed by atoms with E-state index in [1.54, 1.807) is 43.3 Å². The molecule has 19 heteroatoms. The molecule has 7 N–H and O–H groups in total. The maximum atomic E-state index is 10.8. The normalized spacial score (nSPS) is 10.0. The molecule has 0 saturated heterocycles. The summed E-state index contributed by atoms with van der Waals surface area (Å²) in [6.07, 6.45) is 0. The Morgan fingerprint density at radius 3 is 0.968 bits per heavy atom. The second kappa shape index (κ2) is 22.8. The van der Waals surface area contributed by atoms with Crippen molar-refractivity contribution in [2.75, 3.05) is 6.61 Å². The average molecular weight is 1000 g/mol. The summed E-state index contributed by atoms with van der Waals surface area (Å²) >= 11 is 0. The number of carboxylic acids is 3. The molecule has 0 unspecified atom stereocenters. The minimum atomic E-state index is -1.33. The second-order valence-corrected chi connectivity index (χ2v) is 12.9. The molecule has 9 aromatic rings. The fraction of sp³-hybridized carbons (Fsp3) is 0.114. The molecule has 0 aliphatic heterocycles. The van der Waals surface area contributed by atoms with E-state index in [1.165, 1.54) is 18.2 Å². The van der Waals surface area contributed by atoms with Crippen LogP contribution in [0.25, 0.3) is 68.1 Å². The molecule has 0 aliphatic rings. The van der Waals surface area contributed by atoms with Crippen molar-refractivity contribution in [1.82, 2.24) is 29.9 Å². The Kier molecular flexibility index (Phi) is 18.3. The van der Waals surface area contributed by atoms with Crippen molar-refractivity contribution in [3.8, 4) is 34.8 Å². The first kappa shape index (κ1) is 50.5. The second-order valence-electron chi connectivity index (χ2n) is 12.9. The van der Waals surface area contributed by atoms with Crippen LogP contribution in [0.4, 0.5) is 0 Å². The van der Waals surface area contributed by atoms with E-state index in [-0.39, 0.29) is 74.6 Å². The first-order valence-electron chi connectivity index (χ1n) is 18.1. The molecule has 0 amide bonds. The Bertz CT molecular complexity index is 2680. The number of rotatable bonds is 6. The van der Waals surface area contributed by atoms with E-state index < -0.39 is 17.9 Å². The fourth-order valence-corrected chi connectivity index (χ4v) is 5.44. The van der Waals surface area contributed by atoms with Gasteiger partial charge in [0.05, 0.1) is 35.0 Å². The maximum Gasteiger partial charge on any atom is 3.00 e. The van der Waals surface area contributed by atoms with Crippen molar-refractivity contribution >= 4 is 51.2 Å². The number of hydrogen-bond acceptors (Lipinski definition) is 16. The van der Waals surface area contributed by atoms with Gasteiger partial charge >= 0.3 is 39.9 Å². The molecule has 3 aromatic carbocycles. The zero-order valence-electron chi connectivity index (χ0n) is 33.9. The zero-order chi connectivity index (χ0) is 42.9. The third kappa shape index (κ3) is 12.8. The number of oxazole rings is 3. The van der Waals surface area contributed by atoms with Crippen molar-refractivity contribution < 1.29 is 99.0 Å². The molecule has 6 heterocycles. The first-order chi connectivity index (χ1) is 28.8. The summed E-state index contributed by atoms with van der Waals surface area (Å²) in [6, 6.07) is 30.7. The number of hydrogen-bond donors (Lipinski definition) is 1. The number of carbonyl (C=O) groups is 3. The number of carboxylic acid groups (broad SMARTS) is 3. The fourth-order valence-electron chi connectivity index (χ4n) is 5.44. The van der Waals surface area contributed by atoms with Crippen LogP contribution in [0.3, 0.4) is 0 Å². The predicted molar refractivity (Wildman–Crippen MR) is 221 cm³/mol. The van der Waals surface area contributed by atoms with Crippen molar-refractivity contribution in [3.63, 3.8) is 0 Å². The third-order valence-corrected chi connectivity index (χ3v) is 8.16. The van der Waals surface area contributed by atoms with Gasteiger partial charge in [0.1, 0.15) is 33.6 Å². The van der Waals surface area contributed by atoms with Crippen molar-refractivity contribution in [2.45, 2.75) is 27.7 Å². The molecule has 1 radical (unpaired) electrons. The molecular formula is C44H39GdN6O12+2. The van der Waals surface area contributed by atoms with Crippen LogP contribution >= 0.6 is 0 Å². The molecule has 0 bridgehead atoms. The smallest absolute Gasteiger partial charge is 0.543 e. The number of carbonyl (C=O) groups excluding carboxylic acids is 3. The van der Waals surface area contributed by atoms with E-state index in [0.29, 0.717) is 51.5 Å². The number of benzene rings is 3. The summed E-state index contributed by atoms with van der Waals surface area (Å²) in [5.74, 6) is -3.09. The van der Waals surface area contributed by atoms with Gasteiger partial charge in [0.15, 0.2) is 16.7 Å². The van der Waals surface area contributed by atoms with E-state index in [0.717, 1.165) is 33.2 Å². The quantitative estimate of drug-likeness (QED) is 0.234. The van der Waals surface area contributed by atoms with Gasteiger partial charge in [-0.2, -0.15) is 0 Å². The van der Waals surface area contributed by atoms with Gasteiger partial charge in [0, 0.05) is 6.61 Å². The molecule has 0 spiro atoms. The minimum absolute atomic E-state index is 0.